The average Bonchev–Trinajstić information content (AvgIpc) is 2.77. The number of ketones is 1. The maximum Gasteiger partial charge on any atom is 0.312 e. The molecule has 0 spiro atoms. The molecule has 0 aliphatic heterocycles. The van der Waals surface area contributed by atoms with Crippen LogP contribution < -0.4 is 0 Å². The molecule has 0 unspecified atom stereocenters. The molecule has 7 atom stereocenters. The minimum absolute atomic E-state index is 0.0169. The molecule has 0 aromatic heterocycles. The number of rotatable bonds is 1. The summed E-state index contributed by atoms with van der Waals surface area (Å²) in [6, 6.07) is 0. The van der Waals surface area contributed by atoms with Crippen LogP contribution in [-0.4, -0.2) is 18.9 Å². The molecule has 3 nitrogen and oxygen atoms in total. The van der Waals surface area contributed by atoms with Gasteiger partial charge in [-0.1, -0.05) is 66.2 Å². The van der Waals surface area contributed by atoms with E-state index in [4.69, 9.17) is 4.74 Å². The number of carbonyl (C=O) groups is 2. The summed E-state index contributed by atoms with van der Waals surface area (Å²) in [6.07, 6.45) is 13.2. The number of hydrogen-bond donors (Lipinski definition) is 0. The summed E-state index contributed by atoms with van der Waals surface area (Å²) >= 11 is 3.68. The number of halogens is 1. The van der Waals surface area contributed by atoms with Gasteiger partial charge in [0.2, 0.25) is 0 Å². The first-order valence-electron chi connectivity index (χ1n) is 13.8. The second-order valence-electron chi connectivity index (χ2n) is 14.8. The Hall–Kier alpha value is -0.900. The van der Waals surface area contributed by atoms with E-state index in [1.165, 1.54) is 0 Å². The Morgan fingerprint density at radius 1 is 0.971 bits per heavy atom. The van der Waals surface area contributed by atoms with Crippen LogP contribution in [0.25, 0.3) is 0 Å². The van der Waals surface area contributed by atoms with Crippen molar-refractivity contribution in [2.45, 2.75) is 99.8 Å². The summed E-state index contributed by atoms with van der Waals surface area (Å²) < 4.78 is 6.25. The monoisotopic (exact) mass is 544 g/mol. The van der Waals surface area contributed by atoms with Gasteiger partial charge in [0, 0.05) is 5.41 Å². The number of fused-ring (bicyclic) bond motifs is 7. The second-order valence-corrected chi connectivity index (χ2v) is 15.6. The molecule has 3 fully saturated rings. The summed E-state index contributed by atoms with van der Waals surface area (Å²) in [5, 5.41) is 0. The van der Waals surface area contributed by atoms with E-state index in [0.717, 1.165) is 55.8 Å². The van der Waals surface area contributed by atoms with Crippen molar-refractivity contribution in [3.05, 3.63) is 22.2 Å². The normalized spacial score (nSPS) is 47.8. The van der Waals surface area contributed by atoms with Crippen molar-refractivity contribution < 1.29 is 14.3 Å². The smallest absolute Gasteiger partial charge is 0.312 e. The summed E-state index contributed by atoms with van der Waals surface area (Å²) in [5.74, 6) is 1.37. The zero-order valence-corrected chi connectivity index (χ0v) is 24.7. The molecule has 0 aromatic carbocycles. The van der Waals surface area contributed by atoms with Crippen LogP contribution in [0.1, 0.15) is 99.8 Å². The Morgan fingerprint density at radius 3 is 2.29 bits per heavy atom. The third-order valence-corrected chi connectivity index (χ3v) is 13.1. The summed E-state index contributed by atoms with van der Waals surface area (Å²) in [5.41, 5.74) is 1.24. The lowest BCUT2D eigenvalue weighted by molar-refractivity contribution is -0.177. The quantitative estimate of drug-likeness (QED) is 0.248. The highest BCUT2D eigenvalue weighted by Gasteiger charge is 2.69. The predicted octanol–water partition coefficient (Wildman–Crippen LogP) is 8.03. The number of hydrogen-bond acceptors (Lipinski definition) is 3. The molecule has 0 saturated heterocycles. The lowest BCUT2D eigenvalue weighted by atomic mass is 9.34. The summed E-state index contributed by atoms with van der Waals surface area (Å²) in [6.45, 7) is 16.6. The Balaban J connectivity index is 1.64. The Morgan fingerprint density at radius 2 is 1.63 bits per heavy atom. The van der Waals surface area contributed by atoms with Gasteiger partial charge in [-0.15, -0.1) is 0 Å². The number of ether oxygens (including phenoxy) is 1. The minimum Gasteiger partial charge on any atom is -0.469 e. The SMILES string of the molecule is COC(=O)[C@]12CCC(C)(C)C[C@H]1C1=CC[C@@H]3[C@@]4(C)C=C(Br)C(=O)C(C)(C)[C@@H]4CC[C@@]3(C)[C@]1(C)CC2. The molecule has 5 aliphatic rings. The molecule has 0 amide bonds. The largest absolute Gasteiger partial charge is 0.469 e. The molecular formula is C31H45BrO3. The fourth-order valence-electron chi connectivity index (χ4n) is 10.2. The van der Waals surface area contributed by atoms with Gasteiger partial charge in [0.25, 0.3) is 0 Å². The van der Waals surface area contributed by atoms with E-state index in [2.05, 4.69) is 76.5 Å². The van der Waals surface area contributed by atoms with Gasteiger partial charge in [-0.2, -0.15) is 0 Å². The van der Waals surface area contributed by atoms with Crippen molar-refractivity contribution in [1.82, 2.24) is 0 Å². The van der Waals surface area contributed by atoms with Gasteiger partial charge in [0.05, 0.1) is 17.0 Å². The van der Waals surface area contributed by atoms with Crippen molar-refractivity contribution in [2.24, 2.45) is 50.2 Å². The number of allylic oxidation sites excluding steroid dienone is 4. The molecule has 0 aromatic rings. The minimum atomic E-state index is -0.359. The van der Waals surface area contributed by atoms with Crippen molar-refractivity contribution in [1.29, 1.82) is 0 Å². The van der Waals surface area contributed by atoms with Crippen molar-refractivity contribution >= 4 is 27.7 Å². The Labute approximate surface area is 221 Å². The summed E-state index contributed by atoms with van der Waals surface area (Å²) in [7, 11) is 1.58. The zero-order valence-electron chi connectivity index (χ0n) is 23.1. The molecular weight excluding hydrogens is 500 g/mol. The topological polar surface area (TPSA) is 43.4 Å². The van der Waals surface area contributed by atoms with Crippen molar-refractivity contribution in [3.8, 4) is 0 Å². The maximum atomic E-state index is 13.4. The van der Waals surface area contributed by atoms with Crippen LogP contribution in [0.5, 0.6) is 0 Å². The highest BCUT2D eigenvalue weighted by Crippen LogP contribution is 2.75. The van der Waals surface area contributed by atoms with Crippen LogP contribution >= 0.6 is 15.9 Å². The highest BCUT2D eigenvalue weighted by molar-refractivity contribution is 9.12. The van der Waals surface area contributed by atoms with Gasteiger partial charge in [-0.05, 0) is 107 Å². The Kier molecular flexibility index (Phi) is 5.57. The third-order valence-electron chi connectivity index (χ3n) is 12.5. The van der Waals surface area contributed by atoms with Gasteiger partial charge in [0.1, 0.15) is 0 Å². The fourth-order valence-corrected chi connectivity index (χ4v) is 11.3. The highest BCUT2D eigenvalue weighted by atomic mass is 79.9. The second kappa shape index (κ2) is 7.58. The van der Waals surface area contributed by atoms with Gasteiger partial charge < -0.3 is 4.74 Å². The molecule has 0 heterocycles. The van der Waals surface area contributed by atoms with E-state index in [1.54, 1.807) is 12.7 Å². The van der Waals surface area contributed by atoms with Crippen molar-refractivity contribution in [3.63, 3.8) is 0 Å². The van der Waals surface area contributed by atoms with Crippen molar-refractivity contribution in [2.75, 3.05) is 7.11 Å². The van der Waals surface area contributed by atoms with E-state index in [9.17, 15) is 9.59 Å². The van der Waals surface area contributed by atoms with Gasteiger partial charge in [-0.3, -0.25) is 9.59 Å². The molecule has 0 bridgehead atoms. The van der Waals surface area contributed by atoms with Crippen LogP contribution in [0.3, 0.4) is 0 Å². The van der Waals surface area contributed by atoms with Gasteiger partial charge >= 0.3 is 5.97 Å². The zero-order chi connectivity index (χ0) is 25.8. The van der Waals surface area contributed by atoms with E-state index in [-0.39, 0.29) is 50.2 Å². The standard InChI is InChI=1S/C31H45BrO3/c1-26(2)13-15-31(25(34)35-8)16-14-29(6)19(20(31)17-26)9-10-23-28(5)18-21(32)24(33)27(3,4)22(28)11-12-30(23,29)7/h9,18,20,22-23H,10-17H2,1-8H3/t20-,22-,23+,28-,29+,30+,31-/m0/s1. The average molecular weight is 546 g/mol. The Bertz CT molecular complexity index is 1040. The van der Waals surface area contributed by atoms with E-state index in [0.29, 0.717) is 11.8 Å². The van der Waals surface area contributed by atoms with Gasteiger partial charge in [0.15, 0.2) is 5.78 Å². The molecule has 35 heavy (non-hydrogen) atoms. The predicted molar refractivity (Wildman–Crippen MR) is 144 cm³/mol. The van der Waals surface area contributed by atoms with E-state index in [1.807, 2.05) is 0 Å². The van der Waals surface area contributed by atoms with Crippen LogP contribution in [0.15, 0.2) is 22.2 Å². The van der Waals surface area contributed by atoms with E-state index < -0.39 is 0 Å². The molecule has 0 N–H and O–H groups in total. The van der Waals surface area contributed by atoms with E-state index >= 15 is 0 Å². The van der Waals surface area contributed by atoms with Crippen LogP contribution in [0, 0.1) is 50.2 Å². The molecule has 5 aliphatic carbocycles. The number of carbonyl (C=O) groups excluding carboxylic acids is 2. The lowest BCUT2D eigenvalue weighted by Gasteiger charge is -2.69. The van der Waals surface area contributed by atoms with Crippen LogP contribution in [0.2, 0.25) is 0 Å². The molecule has 5 rings (SSSR count). The first-order valence-corrected chi connectivity index (χ1v) is 14.6. The first kappa shape index (κ1) is 25.7. The molecule has 3 saturated carbocycles. The number of methoxy groups -OCH3 is 1. The number of Topliss-reactive ketones (excluding diaryl/α,β-unsaturated/α-hetero) is 1. The van der Waals surface area contributed by atoms with Gasteiger partial charge in [-0.25, -0.2) is 0 Å². The number of esters is 1. The third kappa shape index (κ3) is 3.13. The first-order chi connectivity index (χ1) is 16.1. The fraction of sp³-hybridized carbons (Fsp3) is 0.806. The summed E-state index contributed by atoms with van der Waals surface area (Å²) in [4.78, 5) is 26.5. The lowest BCUT2D eigenvalue weighted by Crippen LogP contribution is -2.64. The molecule has 194 valence electrons. The van der Waals surface area contributed by atoms with Crippen LogP contribution in [0.4, 0.5) is 0 Å². The molecule has 4 heteroatoms. The van der Waals surface area contributed by atoms with Crippen LogP contribution in [-0.2, 0) is 14.3 Å². The molecule has 0 radical (unpaired) electrons. The maximum absolute atomic E-state index is 13.4.